The van der Waals surface area contributed by atoms with Gasteiger partial charge in [0.1, 0.15) is 0 Å². The first-order valence-corrected chi connectivity index (χ1v) is 7.78. The molecule has 0 fully saturated rings. The number of rotatable bonds is 5. The van der Waals surface area contributed by atoms with Crippen LogP contribution in [-0.4, -0.2) is 32.8 Å². The smallest absolute Gasteiger partial charge is 0.264 e. The number of fused-ring (bicyclic) bond motifs is 1. The average molecular weight is 301 g/mol. The maximum absolute atomic E-state index is 10.8. The molecule has 1 heterocycles. The van der Waals surface area contributed by atoms with Gasteiger partial charge in [-0.05, 0) is 24.3 Å². The normalized spacial score (nSPS) is 11.7. The molecule has 0 radical (unpaired) electrons. The molecular formula is C12H13ClN2O3S. The van der Waals surface area contributed by atoms with Crippen molar-refractivity contribution < 1.29 is 12.6 Å². The minimum absolute atomic E-state index is 0.0796. The molecule has 0 atom stereocenters. The highest BCUT2D eigenvalue weighted by atomic mass is 35.5. The van der Waals surface area contributed by atoms with E-state index >= 15 is 0 Å². The first kappa shape index (κ1) is 14.0. The highest BCUT2D eigenvalue weighted by molar-refractivity contribution is 7.85. The van der Waals surface area contributed by atoms with Gasteiger partial charge in [-0.1, -0.05) is 11.6 Å². The number of hydrogen-bond acceptors (Lipinski definition) is 5. The van der Waals surface area contributed by atoms with Crippen LogP contribution < -0.4 is 5.32 Å². The van der Waals surface area contributed by atoms with Gasteiger partial charge in [-0.15, -0.1) is 0 Å². The molecule has 1 aromatic carbocycles. The Bertz CT molecular complexity index is 688. The average Bonchev–Trinajstić information content (AvgIpc) is 2.33. The topological polar surface area (TPSA) is 68.3 Å². The van der Waals surface area contributed by atoms with E-state index in [1.807, 2.05) is 12.1 Å². The van der Waals surface area contributed by atoms with Crippen molar-refractivity contribution in [2.24, 2.45) is 0 Å². The fourth-order valence-corrected chi connectivity index (χ4v) is 2.21. The Hall–Kier alpha value is -1.37. The molecule has 2 aromatic rings. The molecule has 0 aliphatic rings. The van der Waals surface area contributed by atoms with Crippen LogP contribution in [0.4, 0.5) is 5.69 Å². The van der Waals surface area contributed by atoms with E-state index in [9.17, 15) is 8.42 Å². The van der Waals surface area contributed by atoms with Crippen LogP contribution in [0.5, 0.6) is 0 Å². The Labute approximate surface area is 116 Å². The van der Waals surface area contributed by atoms with Crippen molar-refractivity contribution in [2.75, 3.05) is 24.7 Å². The zero-order valence-electron chi connectivity index (χ0n) is 10.3. The van der Waals surface area contributed by atoms with E-state index in [4.69, 9.17) is 11.6 Å². The highest BCUT2D eigenvalue weighted by Gasteiger charge is 2.04. The summed E-state index contributed by atoms with van der Waals surface area (Å²) in [4.78, 5) is 4.22. The second kappa shape index (κ2) is 5.73. The number of nitrogens with one attached hydrogen (secondary N) is 1. The highest BCUT2D eigenvalue weighted by Crippen LogP contribution is 2.24. The largest absolute Gasteiger partial charge is 0.382 e. The summed E-state index contributed by atoms with van der Waals surface area (Å²) >= 11 is 5.90. The third-order valence-electron chi connectivity index (χ3n) is 2.42. The Morgan fingerprint density at radius 3 is 2.89 bits per heavy atom. The van der Waals surface area contributed by atoms with E-state index in [2.05, 4.69) is 14.5 Å². The Balaban J connectivity index is 2.09. The summed E-state index contributed by atoms with van der Waals surface area (Å²) < 4.78 is 26.3. The van der Waals surface area contributed by atoms with Crippen LogP contribution in [0.1, 0.15) is 0 Å². The maximum Gasteiger partial charge on any atom is 0.264 e. The zero-order chi connectivity index (χ0) is 13.9. The molecule has 0 spiro atoms. The van der Waals surface area contributed by atoms with E-state index in [0.29, 0.717) is 11.6 Å². The van der Waals surface area contributed by atoms with Gasteiger partial charge in [0, 0.05) is 28.8 Å². The van der Waals surface area contributed by atoms with E-state index in [1.54, 1.807) is 18.3 Å². The van der Waals surface area contributed by atoms with Gasteiger partial charge >= 0.3 is 0 Å². The lowest BCUT2D eigenvalue weighted by molar-refractivity contribution is 0.335. The van der Waals surface area contributed by atoms with Crippen molar-refractivity contribution in [3.8, 4) is 0 Å². The Morgan fingerprint density at radius 1 is 1.37 bits per heavy atom. The number of aromatic nitrogens is 1. The molecule has 0 aliphatic carbocycles. The summed E-state index contributed by atoms with van der Waals surface area (Å²) in [5, 5.41) is 4.65. The molecule has 1 N–H and O–H groups in total. The second-order valence-electron chi connectivity index (χ2n) is 3.97. The lowest BCUT2D eigenvalue weighted by Gasteiger charge is -2.09. The molecule has 0 saturated carbocycles. The molecule has 0 unspecified atom stereocenters. The third kappa shape index (κ3) is 4.05. The lowest BCUT2D eigenvalue weighted by Crippen LogP contribution is -2.13. The van der Waals surface area contributed by atoms with Crippen LogP contribution in [0.2, 0.25) is 5.02 Å². The summed E-state index contributed by atoms with van der Waals surface area (Å²) in [6.45, 7) is 0.463. The fourth-order valence-electron chi connectivity index (χ4n) is 1.65. The molecule has 0 aliphatic heterocycles. The van der Waals surface area contributed by atoms with Crippen LogP contribution in [0.25, 0.3) is 10.9 Å². The molecule has 5 nitrogen and oxygen atoms in total. The molecular weight excluding hydrogens is 288 g/mol. The monoisotopic (exact) mass is 300 g/mol. The maximum atomic E-state index is 10.8. The predicted octanol–water partition coefficient (Wildman–Crippen LogP) is 2.28. The lowest BCUT2D eigenvalue weighted by atomic mass is 10.2. The number of anilines is 1. The van der Waals surface area contributed by atoms with Crippen LogP contribution in [-0.2, 0) is 14.3 Å². The van der Waals surface area contributed by atoms with Gasteiger partial charge in [-0.3, -0.25) is 9.17 Å². The zero-order valence-corrected chi connectivity index (χ0v) is 11.8. The number of hydrogen-bond donors (Lipinski definition) is 1. The van der Waals surface area contributed by atoms with Gasteiger partial charge in [-0.2, -0.15) is 8.42 Å². The van der Waals surface area contributed by atoms with Gasteiger partial charge < -0.3 is 5.32 Å². The molecule has 0 amide bonds. The van der Waals surface area contributed by atoms with E-state index in [-0.39, 0.29) is 6.61 Å². The van der Waals surface area contributed by atoms with Crippen molar-refractivity contribution in [1.29, 1.82) is 0 Å². The molecule has 1 aromatic heterocycles. The third-order valence-corrected chi connectivity index (χ3v) is 3.25. The molecule has 0 bridgehead atoms. The van der Waals surface area contributed by atoms with Gasteiger partial charge in [0.25, 0.3) is 10.1 Å². The standard InChI is InChI=1S/C12H13ClN2O3S/c1-19(16,17)18-7-6-15-11-4-5-14-12-8-9(13)2-3-10(11)12/h2-5,8H,6-7H2,1H3,(H,14,15). The summed E-state index contributed by atoms with van der Waals surface area (Å²) in [6, 6.07) is 7.24. The van der Waals surface area contributed by atoms with Crippen LogP contribution in [0.15, 0.2) is 30.5 Å². The van der Waals surface area contributed by atoms with Gasteiger partial charge in [0.2, 0.25) is 0 Å². The summed E-state index contributed by atoms with van der Waals surface area (Å²) in [5.41, 5.74) is 1.64. The first-order valence-electron chi connectivity index (χ1n) is 5.58. The molecule has 19 heavy (non-hydrogen) atoms. The van der Waals surface area contributed by atoms with Crippen molar-refractivity contribution >= 4 is 38.3 Å². The Morgan fingerprint density at radius 2 is 2.16 bits per heavy atom. The van der Waals surface area contributed by atoms with Gasteiger partial charge in [0.05, 0.1) is 18.4 Å². The summed E-state index contributed by atoms with van der Waals surface area (Å²) in [7, 11) is -3.40. The number of halogens is 1. The summed E-state index contributed by atoms with van der Waals surface area (Å²) in [5.74, 6) is 0. The van der Waals surface area contributed by atoms with Crippen molar-refractivity contribution in [3.05, 3.63) is 35.5 Å². The van der Waals surface area contributed by atoms with Crippen LogP contribution in [0.3, 0.4) is 0 Å². The number of pyridine rings is 1. The minimum atomic E-state index is -3.40. The first-order chi connectivity index (χ1) is 8.96. The molecule has 7 heteroatoms. The van der Waals surface area contributed by atoms with Crippen molar-refractivity contribution in [1.82, 2.24) is 4.98 Å². The van der Waals surface area contributed by atoms with E-state index in [1.165, 1.54) is 0 Å². The second-order valence-corrected chi connectivity index (χ2v) is 6.05. The van der Waals surface area contributed by atoms with Gasteiger partial charge in [0.15, 0.2) is 0 Å². The predicted molar refractivity (Wildman–Crippen MR) is 76.0 cm³/mol. The van der Waals surface area contributed by atoms with E-state index < -0.39 is 10.1 Å². The van der Waals surface area contributed by atoms with Crippen LogP contribution in [0, 0.1) is 0 Å². The van der Waals surface area contributed by atoms with Crippen LogP contribution >= 0.6 is 11.6 Å². The Kier molecular flexibility index (Phi) is 4.24. The van der Waals surface area contributed by atoms with Crippen molar-refractivity contribution in [3.63, 3.8) is 0 Å². The minimum Gasteiger partial charge on any atom is -0.382 e. The molecule has 2 rings (SSSR count). The summed E-state index contributed by atoms with van der Waals surface area (Å²) in [6.07, 6.45) is 2.69. The van der Waals surface area contributed by atoms with Crippen molar-refractivity contribution in [2.45, 2.75) is 0 Å². The fraction of sp³-hybridized carbons (Fsp3) is 0.250. The quantitative estimate of drug-likeness (QED) is 0.678. The van der Waals surface area contributed by atoms with E-state index in [0.717, 1.165) is 22.8 Å². The molecule has 0 saturated heterocycles. The number of benzene rings is 1. The van der Waals surface area contributed by atoms with Gasteiger partial charge in [-0.25, -0.2) is 0 Å². The molecule has 102 valence electrons. The number of nitrogens with zero attached hydrogens (tertiary/aromatic N) is 1. The SMILES string of the molecule is CS(=O)(=O)OCCNc1ccnc2cc(Cl)ccc12.